The first-order valence-electron chi connectivity index (χ1n) is 7.62. The van der Waals surface area contributed by atoms with Crippen LogP contribution in [-0.2, 0) is 4.79 Å². The minimum atomic E-state index is -0.592. The first-order valence-corrected chi connectivity index (χ1v) is 7.62. The zero-order valence-corrected chi connectivity index (χ0v) is 13.7. The van der Waals surface area contributed by atoms with Crippen LogP contribution in [0.3, 0.4) is 0 Å². The third-order valence-electron chi connectivity index (χ3n) is 3.51. The Hall–Kier alpha value is -3.75. The number of amides is 2. The van der Waals surface area contributed by atoms with Crippen LogP contribution >= 0.6 is 0 Å². The Balaban J connectivity index is 1.60. The second-order valence-corrected chi connectivity index (χ2v) is 5.45. The first-order chi connectivity index (χ1) is 12.4. The van der Waals surface area contributed by atoms with Gasteiger partial charge >= 0.3 is 0 Å². The molecule has 0 unspecified atom stereocenters. The minimum absolute atomic E-state index is 0.103. The number of nitro benzene ring substituents is 1. The predicted molar refractivity (Wildman–Crippen MR) is 92.8 cm³/mol. The average Bonchev–Trinajstić information content (AvgIpc) is 2.99. The summed E-state index contributed by atoms with van der Waals surface area (Å²) in [6.45, 7) is 1.44. The Morgan fingerprint density at radius 1 is 1.23 bits per heavy atom. The van der Waals surface area contributed by atoms with Gasteiger partial charge in [0.15, 0.2) is 11.5 Å². The summed E-state index contributed by atoms with van der Waals surface area (Å²) in [5.41, 5.74) is 1.64. The van der Waals surface area contributed by atoms with E-state index < -0.39 is 16.7 Å². The van der Waals surface area contributed by atoms with Crippen LogP contribution in [-0.4, -0.2) is 28.3 Å². The van der Waals surface area contributed by atoms with Crippen molar-refractivity contribution >= 4 is 34.3 Å². The summed E-state index contributed by atoms with van der Waals surface area (Å²) in [5, 5.41) is 15.8. The van der Waals surface area contributed by atoms with E-state index in [9.17, 15) is 19.7 Å². The van der Waals surface area contributed by atoms with E-state index in [1.54, 1.807) is 25.1 Å². The molecule has 9 heteroatoms. The smallest absolute Gasteiger partial charge is 0.270 e. The number of nitro groups is 1. The molecule has 0 fully saturated rings. The SMILES string of the molecule is Cc1nc2cc(NC(=O)CNC(=O)c3cccc([N+](=O)[O-])c3)ccc2o1. The molecule has 0 aliphatic carbocycles. The fourth-order valence-electron chi connectivity index (χ4n) is 2.35. The number of nitrogens with one attached hydrogen (secondary N) is 2. The number of benzene rings is 2. The molecule has 0 atom stereocenters. The van der Waals surface area contributed by atoms with Crippen molar-refractivity contribution in [2.75, 3.05) is 11.9 Å². The Bertz CT molecular complexity index is 1010. The van der Waals surface area contributed by atoms with Crippen LogP contribution in [0.5, 0.6) is 0 Å². The lowest BCUT2D eigenvalue weighted by atomic mass is 10.2. The van der Waals surface area contributed by atoms with Gasteiger partial charge in [0.1, 0.15) is 5.52 Å². The molecule has 0 radical (unpaired) electrons. The highest BCUT2D eigenvalue weighted by molar-refractivity contribution is 6.00. The lowest BCUT2D eigenvalue weighted by molar-refractivity contribution is -0.384. The largest absolute Gasteiger partial charge is 0.441 e. The zero-order valence-electron chi connectivity index (χ0n) is 13.7. The van der Waals surface area contributed by atoms with Crippen LogP contribution in [0.1, 0.15) is 16.2 Å². The van der Waals surface area contributed by atoms with Crippen molar-refractivity contribution in [1.29, 1.82) is 0 Å². The number of fused-ring (bicyclic) bond motifs is 1. The molecule has 0 saturated heterocycles. The predicted octanol–water partition coefficient (Wildman–Crippen LogP) is 2.41. The molecule has 9 nitrogen and oxygen atoms in total. The van der Waals surface area contributed by atoms with Crippen LogP contribution in [0, 0.1) is 17.0 Å². The summed E-state index contributed by atoms with van der Waals surface area (Å²) >= 11 is 0. The van der Waals surface area contributed by atoms with E-state index in [1.165, 1.54) is 18.2 Å². The number of carbonyl (C=O) groups excluding carboxylic acids is 2. The number of hydrogen-bond acceptors (Lipinski definition) is 6. The number of rotatable bonds is 5. The molecule has 3 aromatic rings. The highest BCUT2D eigenvalue weighted by atomic mass is 16.6. The molecule has 1 heterocycles. The Kier molecular flexibility index (Phi) is 4.61. The minimum Gasteiger partial charge on any atom is -0.441 e. The van der Waals surface area contributed by atoms with Crippen molar-refractivity contribution in [3.8, 4) is 0 Å². The van der Waals surface area contributed by atoms with Gasteiger partial charge in [-0.05, 0) is 24.3 Å². The van der Waals surface area contributed by atoms with Crippen molar-refractivity contribution < 1.29 is 18.9 Å². The molecule has 26 heavy (non-hydrogen) atoms. The molecular formula is C17H14N4O5. The number of oxazole rings is 1. The zero-order chi connectivity index (χ0) is 18.7. The first kappa shape index (κ1) is 17.1. The topological polar surface area (TPSA) is 127 Å². The van der Waals surface area contributed by atoms with Crippen molar-refractivity contribution in [1.82, 2.24) is 10.3 Å². The van der Waals surface area contributed by atoms with Gasteiger partial charge in [-0.3, -0.25) is 19.7 Å². The van der Waals surface area contributed by atoms with Crippen LogP contribution < -0.4 is 10.6 Å². The van der Waals surface area contributed by atoms with Crippen LogP contribution in [0.25, 0.3) is 11.1 Å². The highest BCUT2D eigenvalue weighted by Crippen LogP contribution is 2.19. The van der Waals surface area contributed by atoms with Crippen molar-refractivity contribution in [3.05, 3.63) is 64.0 Å². The maximum Gasteiger partial charge on any atom is 0.270 e. The van der Waals surface area contributed by atoms with E-state index in [1.807, 2.05) is 0 Å². The van der Waals surface area contributed by atoms with Gasteiger partial charge in [0.25, 0.3) is 11.6 Å². The number of anilines is 1. The summed E-state index contributed by atoms with van der Waals surface area (Å²) in [6, 6.07) is 10.3. The van der Waals surface area contributed by atoms with Gasteiger partial charge in [0.2, 0.25) is 5.91 Å². The number of aryl methyl sites for hydroxylation is 1. The lowest BCUT2D eigenvalue weighted by Gasteiger charge is -2.07. The molecule has 132 valence electrons. The molecule has 0 bridgehead atoms. The Morgan fingerprint density at radius 2 is 2.04 bits per heavy atom. The highest BCUT2D eigenvalue weighted by Gasteiger charge is 2.13. The monoisotopic (exact) mass is 354 g/mol. The van der Waals surface area contributed by atoms with Crippen LogP contribution in [0.15, 0.2) is 46.9 Å². The third-order valence-corrected chi connectivity index (χ3v) is 3.51. The summed E-state index contributed by atoms with van der Waals surface area (Å²) in [4.78, 5) is 38.3. The molecule has 1 aromatic heterocycles. The molecule has 0 aliphatic heterocycles. The Morgan fingerprint density at radius 3 is 2.81 bits per heavy atom. The molecule has 0 aliphatic rings. The number of non-ortho nitro benzene ring substituents is 1. The number of carbonyl (C=O) groups is 2. The van der Waals surface area contributed by atoms with E-state index in [2.05, 4.69) is 15.6 Å². The fourth-order valence-corrected chi connectivity index (χ4v) is 2.35. The van der Waals surface area contributed by atoms with E-state index in [4.69, 9.17) is 4.42 Å². The molecule has 0 spiro atoms. The quantitative estimate of drug-likeness (QED) is 0.535. The van der Waals surface area contributed by atoms with Gasteiger partial charge in [-0.1, -0.05) is 6.07 Å². The van der Waals surface area contributed by atoms with Gasteiger partial charge in [-0.2, -0.15) is 0 Å². The third kappa shape index (κ3) is 3.83. The van der Waals surface area contributed by atoms with Crippen molar-refractivity contribution in [2.45, 2.75) is 6.92 Å². The van der Waals surface area contributed by atoms with Crippen molar-refractivity contribution in [2.24, 2.45) is 0 Å². The maximum absolute atomic E-state index is 12.0. The van der Waals surface area contributed by atoms with Crippen molar-refractivity contribution in [3.63, 3.8) is 0 Å². The van der Waals surface area contributed by atoms with Crippen LogP contribution in [0.2, 0.25) is 0 Å². The summed E-state index contributed by atoms with van der Waals surface area (Å²) in [7, 11) is 0. The fraction of sp³-hybridized carbons (Fsp3) is 0.118. The summed E-state index contributed by atoms with van der Waals surface area (Å²) < 4.78 is 5.35. The number of hydrogen-bond donors (Lipinski definition) is 2. The van der Waals surface area contributed by atoms with E-state index in [0.717, 1.165) is 6.07 Å². The summed E-state index contributed by atoms with van der Waals surface area (Å²) in [5.74, 6) is -0.498. The lowest BCUT2D eigenvalue weighted by Crippen LogP contribution is -2.32. The van der Waals surface area contributed by atoms with Gasteiger partial charge < -0.3 is 15.1 Å². The van der Waals surface area contributed by atoms with Gasteiger partial charge in [-0.25, -0.2) is 4.98 Å². The molecule has 0 saturated carbocycles. The molecule has 2 aromatic carbocycles. The second kappa shape index (κ2) is 7.01. The second-order valence-electron chi connectivity index (χ2n) is 5.45. The van der Waals surface area contributed by atoms with Gasteiger partial charge in [0, 0.05) is 30.3 Å². The van der Waals surface area contributed by atoms with E-state index in [0.29, 0.717) is 22.7 Å². The normalized spacial score (nSPS) is 10.5. The molecular weight excluding hydrogens is 340 g/mol. The Labute approximate surface area is 147 Å². The molecule has 2 N–H and O–H groups in total. The van der Waals surface area contributed by atoms with E-state index >= 15 is 0 Å². The van der Waals surface area contributed by atoms with Crippen LogP contribution in [0.4, 0.5) is 11.4 Å². The van der Waals surface area contributed by atoms with E-state index in [-0.39, 0.29) is 17.8 Å². The number of nitrogens with zero attached hydrogens (tertiary/aromatic N) is 2. The molecule has 3 rings (SSSR count). The average molecular weight is 354 g/mol. The standard InChI is InChI=1S/C17H14N4O5/c1-10-19-14-8-12(5-6-15(14)26-10)20-16(22)9-18-17(23)11-3-2-4-13(7-11)21(24)25/h2-8H,9H2,1H3,(H,18,23)(H,20,22). The molecule has 2 amide bonds. The van der Waals surface area contributed by atoms with Gasteiger partial charge in [-0.15, -0.1) is 0 Å². The summed E-state index contributed by atoms with van der Waals surface area (Å²) in [6.07, 6.45) is 0. The number of aromatic nitrogens is 1. The van der Waals surface area contributed by atoms with Gasteiger partial charge in [0.05, 0.1) is 11.5 Å². The maximum atomic E-state index is 12.0.